The predicted molar refractivity (Wildman–Crippen MR) is 278 cm³/mol. The van der Waals surface area contributed by atoms with Crippen LogP contribution in [0.2, 0.25) is 0 Å². The summed E-state index contributed by atoms with van der Waals surface area (Å²) in [5.41, 5.74) is 9.55. The number of ether oxygens (including phenoxy) is 2. The number of nitrogens with one attached hydrogen (secondary N) is 2. The molecule has 2 aromatic heterocycles. The zero-order valence-electron chi connectivity index (χ0n) is 43.8. The predicted octanol–water partition coefficient (Wildman–Crippen LogP) is 4.47. The van der Waals surface area contributed by atoms with Crippen molar-refractivity contribution in [1.29, 1.82) is 0 Å². The van der Waals surface area contributed by atoms with Crippen molar-refractivity contribution in [2.45, 2.75) is 98.0 Å². The maximum atomic E-state index is 14.8. The molecule has 6 bridgehead atoms. The van der Waals surface area contributed by atoms with Crippen molar-refractivity contribution in [3.63, 3.8) is 0 Å². The second-order valence-corrected chi connectivity index (χ2v) is 21.4. The number of piperazine rings is 1. The Morgan fingerprint density at radius 2 is 1.81 bits per heavy atom. The Balaban J connectivity index is 1.10. The number of aryl methyl sites for hydroxylation is 1. The van der Waals surface area contributed by atoms with E-state index in [0.29, 0.717) is 63.1 Å². The zero-order chi connectivity index (χ0) is 52.1. The number of nitrogens with zero attached hydrogens (tertiary/aromatic N) is 7. The number of hydrogen-bond acceptors (Lipinski definition) is 12. The number of phenols is 1. The van der Waals surface area contributed by atoms with E-state index in [1.165, 1.54) is 9.91 Å². The Bertz CT molecular complexity index is 2770. The van der Waals surface area contributed by atoms with Gasteiger partial charge in [0.05, 0.1) is 37.1 Å². The highest BCUT2D eigenvalue weighted by atomic mass is 16.5. The fraction of sp³-hybridized carbons (Fsp3) is 0.536. The molecular formula is C56H73N9O8. The Hall–Kier alpha value is -6.32. The van der Waals surface area contributed by atoms with Gasteiger partial charge in [0.25, 0.3) is 11.8 Å². The van der Waals surface area contributed by atoms with Crippen molar-refractivity contribution in [3.8, 4) is 40.0 Å². The molecule has 4 amide bonds. The summed E-state index contributed by atoms with van der Waals surface area (Å²) in [6.45, 7) is 16.1. The fourth-order valence-corrected chi connectivity index (χ4v) is 11.0. The number of likely N-dealkylation sites (tertiary alicyclic amines) is 1. The normalized spacial score (nSPS) is 21.3. The van der Waals surface area contributed by atoms with E-state index in [-0.39, 0.29) is 49.6 Å². The highest BCUT2D eigenvalue weighted by Crippen LogP contribution is 2.41. The van der Waals surface area contributed by atoms with Gasteiger partial charge in [0, 0.05) is 101 Å². The van der Waals surface area contributed by atoms with Gasteiger partial charge in [-0.25, -0.2) is 5.43 Å². The first-order valence-corrected chi connectivity index (χ1v) is 25.9. The van der Waals surface area contributed by atoms with E-state index < -0.39 is 47.2 Å². The standard InChI is InChI=1S/C56H73N9O8/c1-9-64-48-17-16-38-31-43(48)44(51(64)42-13-10-19-57-47(42)34-72-8)32-56(4,5)35-73-55(71)45-14-11-21-65(59-45)54(70)46(29-37-27-40(38)30-41(66)28-37)58-52(68)50(36(2)3)61(7)53(69)39-18-22-63(33-39)49(67)15-12-20-62-25-23-60(6)24-26-62/h10,13,16-17,19,27-28,30-31,36,39,45-46,50,59,66H,9,11,14,18,20-26,29,32-35H2,1-8H3,(H,58,68)/t39-,45-,46-,50-/m0/s1. The number of benzene rings is 2. The van der Waals surface area contributed by atoms with Crippen LogP contribution in [0.15, 0.2) is 54.7 Å². The maximum absolute atomic E-state index is 14.8. The third-order valence-corrected chi connectivity index (χ3v) is 14.9. The van der Waals surface area contributed by atoms with Crippen LogP contribution in [0, 0.1) is 29.1 Å². The summed E-state index contributed by atoms with van der Waals surface area (Å²) in [5.74, 6) is 2.82. The Morgan fingerprint density at radius 1 is 1.03 bits per heavy atom. The molecule has 0 radical (unpaired) electrons. The van der Waals surface area contributed by atoms with Gasteiger partial charge in [-0.15, -0.1) is 0 Å². The van der Waals surface area contributed by atoms with Crippen LogP contribution in [0.4, 0.5) is 0 Å². The van der Waals surface area contributed by atoms with Crippen LogP contribution in [-0.2, 0) is 59.4 Å². The summed E-state index contributed by atoms with van der Waals surface area (Å²) in [6, 6.07) is 12.5. The third kappa shape index (κ3) is 12.0. The second kappa shape index (κ2) is 22.8. The number of hydrazine groups is 1. The minimum atomic E-state index is -1.17. The van der Waals surface area contributed by atoms with Crippen LogP contribution in [0.5, 0.6) is 5.75 Å². The monoisotopic (exact) mass is 1000 g/mol. The maximum Gasteiger partial charge on any atom is 0.324 e. The largest absolute Gasteiger partial charge is 0.508 e. The lowest BCUT2D eigenvalue weighted by Gasteiger charge is -2.37. The number of cyclic esters (lactones) is 1. The van der Waals surface area contributed by atoms with Gasteiger partial charge in [-0.3, -0.25) is 38.9 Å². The van der Waals surface area contributed by atoms with E-state index in [9.17, 15) is 29.1 Å². The number of hydrogen-bond donors (Lipinski definition) is 3. The molecule has 17 nitrogen and oxygen atoms in total. The lowest BCUT2D eigenvalue weighted by Crippen LogP contribution is -2.62. The molecule has 3 fully saturated rings. The molecule has 8 rings (SSSR count). The molecule has 6 heterocycles. The lowest BCUT2D eigenvalue weighted by molar-refractivity contribution is -0.155. The lowest BCUT2D eigenvalue weighted by atomic mass is 9.84. The number of pyridine rings is 1. The highest BCUT2D eigenvalue weighted by molar-refractivity contribution is 5.97. The van der Waals surface area contributed by atoms with Gasteiger partial charge >= 0.3 is 5.97 Å². The number of methoxy groups -OCH3 is 1. The molecule has 0 unspecified atom stereocenters. The van der Waals surface area contributed by atoms with Gasteiger partial charge < -0.3 is 39.2 Å². The minimum absolute atomic E-state index is 0.0123. The number of phenolic OH excluding ortho intramolecular Hbond substituents is 1. The first kappa shape index (κ1) is 53.0. The van der Waals surface area contributed by atoms with Crippen LogP contribution < -0.4 is 10.7 Å². The molecule has 3 saturated heterocycles. The molecule has 73 heavy (non-hydrogen) atoms. The summed E-state index contributed by atoms with van der Waals surface area (Å²) in [4.78, 5) is 83.1. The number of carbonyl (C=O) groups is 5. The van der Waals surface area contributed by atoms with Crippen molar-refractivity contribution < 1.29 is 38.6 Å². The van der Waals surface area contributed by atoms with E-state index in [1.807, 2.05) is 32.0 Å². The first-order chi connectivity index (χ1) is 34.9. The number of rotatable bonds is 10. The molecule has 390 valence electrons. The number of likely N-dealkylation sites (N-methyl/N-ethyl adjacent to an activating group) is 2. The van der Waals surface area contributed by atoms with Crippen molar-refractivity contribution in [2.75, 3.05) is 80.2 Å². The molecule has 0 spiro atoms. The van der Waals surface area contributed by atoms with E-state index >= 15 is 0 Å². The quantitative estimate of drug-likeness (QED) is 0.150. The number of carbonyl (C=O) groups excluding carboxylic acids is 5. The van der Waals surface area contributed by atoms with E-state index in [1.54, 1.807) is 37.4 Å². The van der Waals surface area contributed by atoms with Crippen LogP contribution in [0.25, 0.3) is 33.3 Å². The van der Waals surface area contributed by atoms with Gasteiger partial charge in [0.15, 0.2) is 0 Å². The first-order valence-electron chi connectivity index (χ1n) is 25.9. The SMILES string of the molecule is CCn1c(-c2cccnc2COC)c2c3cc(ccc31)-c1cc(O)cc(c1)C[C@H](NC(=O)[C@H](C(C)C)N(C)C(=O)[C@H]1CCN(C(=O)C#CCN3CCN(C)CC3)C1)C(=O)N1CCC[C@H](N1)C(=O)OCC(C)(C)C2. The van der Waals surface area contributed by atoms with Crippen LogP contribution in [-0.4, -0.2) is 167 Å². The van der Waals surface area contributed by atoms with Gasteiger partial charge in [0.1, 0.15) is 23.9 Å². The average molecular weight is 1000 g/mol. The smallest absolute Gasteiger partial charge is 0.324 e. The van der Waals surface area contributed by atoms with Crippen LogP contribution >= 0.6 is 0 Å². The average Bonchev–Trinajstić information content (AvgIpc) is 3.98. The Labute approximate surface area is 429 Å². The Kier molecular flexibility index (Phi) is 16.6. The molecule has 3 N–H and O–H groups in total. The number of aromatic nitrogens is 2. The fourth-order valence-electron chi connectivity index (χ4n) is 11.0. The van der Waals surface area contributed by atoms with Crippen molar-refractivity contribution in [1.82, 2.24) is 44.9 Å². The molecule has 0 saturated carbocycles. The zero-order valence-corrected chi connectivity index (χ0v) is 43.8. The van der Waals surface area contributed by atoms with Gasteiger partial charge in [-0.2, -0.15) is 0 Å². The van der Waals surface area contributed by atoms with E-state index in [0.717, 1.165) is 65.2 Å². The third-order valence-electron chi connectivity index (χ3n) is 14.9. The second-order valence-electron chi connectivity index (χ2n) is 21.4. The van der Waals surface area contributed by atoms with E-state index in [2.05, 4.69) is 83.0 Å². The summed E-state index contributed by atoms with van der Waals surface area (Å²) in [5, 5.41) is 16.8. The van der Waals surface area contributed by atoms with Crippen LogP contribution in [0.3, 0.4) is 0 Å². The minimum Gasteiger partial charge on any atom is -0.508 e. The summed E-state index contributed by atoms with van der Waals surface area (Å²) < 4.78 is 14.0. The number of aromatic hydroxyl groups is 1. The molecule has 2 aromatic carbocycles. The number of amides is 4. The van der Waals surface area contributed by atoms with Crippen molar-refractivity contribution >= 4 is 40.5 Å². The number of esters is 1. The summed E-state index contributed by atoms with van der Waals surface area (Å²) in [6.07, 6.45) is 3.67. The molecule has 4 atom stereocenters. The molecule has 17 heteroatoms. The van der Waals surface area contributed by atoms with E-state index in [4.69, 9.17) is 14.5 Å². The summed E-state index contributed by atoms with van der Waals surface area (Å²) in [7, 11) is 5.34. The molecule has 4 aliphatic heterocycles. The van der Waals surface area contributed by atoms with Gasteiger partial charge in [-0.1, -0.05) is 45.7 Å². The molecule has 4 aromatic rings. The molecular weight excluding hydrogens is 927 g/mol. The van der Waals surface area contributed by atoms with Crippen molar-refractivity contribution in [3.05, 3.63) is 71.5 Å². The van der Waals surface area contributed by atoms with Crippen molar-refractivity contribution in [2.24, 2.45) is 17.3 Å². The molecule has 0 aliphatic carbocycles. The number of fused-ring (bicyclic) bond motifs is 6. The van der Waals surface area contributed by atoms with Gasteiger partial charge in [-0.05, 0) is 110 Å². The highest BCUT2D eigenvalue weighted by Gasteiger charge is 2.40. The molecule has 4 aliphatic rings. The van der Waals surface area contributed by atoms with Crippen LogP contribution in [0.1, 0.15) is 70.7 Å². The topological polar surface area (TPSA) is 182 Å². The summed E-state index contributed by atoms with van der Waals surface area (Å²) >= 11 is 0. The Morgan fingerprint density at radius 3 is 2.55 bits per heavy atom. The van der Waals surface area contributed by atoms with Gasteiger partial charge in [0.2, 0.25) is 11.8 Å².